The molecular formula is C19H26O2S2. The Hall–Kier alpha value is -1.13. The van der Waals surface area contributed by atoms with Gasteiger partial charge in [0.05, 0.1) is 5.75 Å². The maximum absolute atomic E-state index is 11.6. The van der Waals surface area contributed by atoms with Crippen molar-refractivity contribution < 1.29 is 9.32 Å². The molecule has 0 radical (unpaired) electrons. The van der Waals surface area contributed by atoms with E-state index in [0.717, 1.165) is 18.4 Å². The first kappa shape index (κ1) is 18.2. The van der Waals surface area contributed by atoms with Gasteiger partial charge in [-0.05, 0) is 55.5 Å². The van der Waals surface area contributed by atoms with Crippen LogP contribution in [0.3, 0.4) is 0 Å². The minimum absolute atomic E-state index is 0.0403. The fourth-order valence-electron chi connectivity index (χ4n) is 3.19. The van der Waals surface area contributed by atoms with Gasteiger partial charge in [0.15, 0.2) is 0 Å². The monoisotopic (exact) mass is 350 g/mol. The summed E-state index contributed by atoms with van der Waals surface area (Å²) in [6, 6.07) is 8.21. The van der Waals surface area contributed by atoms with Gasteiger partial charge >= 0.3 is 0 Å². The SMILES string of the molecule is CCC(CC)(c1ccc(O)c(C)c1)c1cc(C)c(CS(C)=O)s1. The van der Waals surface area contributed by atoms with Gasteiger partial charge in [-0.3, -0.25) is 4.21 Å². The van der Waals surface area contributed by atoms with Crippen LogP contribution in [0.4, 0.5) is 0 Å². The molecule has 1 atom stereocenters. The van der Waals surface area contributed by atoms with Crippen LogP contribution in [-0.4, -0.2) is 15.6 Å². The van der Waals surface area contributed by atoms with E-state index in [1.807, 2.05) is 13.0 Å². The van der Waals surface area contributed by atoms with E-state index < -0.39 is 10.8 Å². The van der Waals surface area contributed by atoms with E-state index in [1.165, 1.54) is 20.9 Å². The molecule has 1 heterocycles. The molecule has 2 aromatic rings. The number of thiophene rings is 1. The smallest absolute Gasteiger partial charge is 0.118 e. The zero-order valence-corrected chi connectivity index (χ0v) is 16.2. The van der Waals surface area contributed by atoms with Crippen LogP contribution < -0.4 is 0 Å². The summed E-state index contributed by atoms with van der Waals surface area (Å²) in [5.41, 5.74) is 3.36. The summed E-state index contributed by atoms with van der Waals surface area (Å²) in [7, 11) is -0.818. The van der Waals surface area contributed by atoms with Gasteiger partial charge in [0.1, 0.15) is 5.75 Å². The van der Waals surface area contributed by atoms with E-state index in [0.29, 0.717) is 11.5 Å². The number of aromatic hydroxyl groups is 1. The summed E-state index contributed by atoms with van der Waals surface area (Å²) in [4.78, 5) is 2.56. The molecule has 2 nitrogen and oxygen atoms in total. The first-order chi connectivity index (χ1) is 10.8. The van der Waals surface area contributed by atoms with Crippen LogP contribution >= 0.6 is 11.3 Å². The van der Waals surface area contributed by atoms with Gasteiger partial charge in [0.25, 0.3) is 0 Å². The number of phenolic OH excluding ortho intramolecular Hbond substituents is 1. The Morgan fingerprint density at radius 2 is 1.78 bits per heavy atom. The maximum Gasteiger partial charge on any atom is 0.118 e. The first-order valence-corrected chi connectivity index (χ1v) is 10.6. The van der Waals surface area contributed by atoms with Gasteiger partial charge in [0.2, 0.25) is 0 Å². The van der Waals surface area contributed by atoms with Gasteiger partial charge in [-0.25, -0.2) is 0 Å². The summed E-state index contributed by atoms with van der Waals surface area (Å²) < 4.78 is 11.6. The van der Waals surface area contributed by atoms with E-state index in [2.05, 4.69) is 32.9 Å². The summed E-state index contributed by atoms with van der Waals surface area (Å²) in [5.74, 6) is 0.980. The third-order valence-corrected chi connectivity index (χ3v) is 7.10. The number of hydrogen-bond donors (Lipinski definition) is 1. The van der Waals surface area contributed by atoms with Crippen LogP contribution in [0.5, 0.6) is 5.75 Å². The number of aryl methyl sites for hydroxylation is 2. The zero-order chi connectivity index (χ0) is 17.2. The zero-order valence-electron chi connectivity index (χ0n) is 14.6. The number of hydrogen-bond acceptors (Lipinski definition) is 3. The van der Waals surface area contributed by atoms with Crippen molar-refractivity contribution in [3.05, 3.63) is 50.7 Å². The average Bonchev–Trinajstić information content (AvgIpc) is 2.85. The van der Waals surface area contributed by atoms with Gasteiger partial charge in [-0.2, -0.15) is 0 Å². The van der Waals surface area contributed by atoms with Crippen LogP contribution in [0.15, 0.2) is 24.3 Å². The molecule has 0 amide bonds. The molecule has 1 aromatic carbocycles. The lowest BCUT2D eigenvalue weighted by Gasteiger charge is -2.32. The van der Waals surface area contributed by atoms with Crippen molar-refractivity contribution in [1.29, 1.82) is 0 Å². The van der Waals surface area contributed by atoms with Crippen LogP contribution in [0, 0.1) is 13.8 Å². The molecule has 0 aliphatic carbocycles. The molecule has 4 heteroatoms. The fraction of sp³-hybridized carbons (Fsp3) is 0.474. The van der Waals surface area contributed by atoms with Crippen molar-refractivity contribution in [3.63, 3.8) is 0 Å². The van der Waals surface area contributed by atoms with Crippen molar-refractivity contribution >= 4 is 22.1 Å². The minimum Gasteiger partial charge on any atom is -0.508 e. The molecule has 0 aliphatic heterocycles. The first-order valence-electron chi connectivity index (χ1n) is 8.04. The lowest BCUT2D eigenvalue weighted by molar-refractivity contribution is 0.464. The molecule has 1 N–H and O–H groups in total. The van der Waals surface area contributed by atoms with Crippen LogP contribution in [0.25, 0.3) is 0 Å². The van der Waals surface area contributed by atoms with Crippen molar-refractivity contribution in [2.75, 3.05) is 6.26 Å². The topological polar surface area (TPSA) is 37.3 Å². The molecule has 0 saturated heterocycles. The van der Waals surface area contributed by atoms with E-state index in [4.69, 9.17) is 0 Å². The lowest BCUT2D eigenvalue weighted by Crippen LogP contribution is -2.24. The highest BCUT2D eigenvalue weighted by atomic mass is 32.2. The second kappa shape index (κ2) is 7.18. The Bertz CT molecular complexity index is 712. The molecule has 0 spiro atoms. The molecule has 2 rings (SSSR count). The quantitative estimate of drug-likeness (QED) is 0.791. The van der Waals surface area contributed by atoms with Gasteiger partial charge < -0.3 is 5.11 Å². The Morgan fingerprint density at radius 1 is 1.13 bits per heavy atom. The molecule has 0 fully saturated rings. The second-order valence-corrected chi connectivity index (χ2v) is 8.80. The standard InChI is InChI=1S/C19H26O2S2/c1-6-19(7-2,15-8-9-16(20)13(3)10-15)18-11-14(4)17(22-18)12-23(5)21/h8-11,20H,6-7,12H2,1-5H3. The minimum atomic E-state index is -0.818. The highest BCUT2D eigenvalue weighted by Gasteiger charge is 2.33. The van der Waals surface area contributed by atoms with Crippen molar-refractivity contribution in [2.45, 2.75) is 51.7 Å². The van der Waals surface area contributed by atoms with E-state index in [9.17, 15) is 9.32 Å². The molecule has 0 saturated carbocycles. The Labute approximate surface area is 146 Å². The average molecular weight is 351 g/mol. The number of benzene rings is 1. The Morgan fingerprint density at radius 3 is 2.30 bits per heavy atom. The molecule has 0 aliphatic rings. The van der Waals surface area contributed by atoms with Crippen molar-refractivity contribution in [1.82, 2.24) is 0 Å². The summed E-state index contributed by atoms with van der Waals surface area (Å²) in [6.07, 6.45) is 3.76. The second-order valence-electron chi connectivity index (χ2n) is 6.22. The molecule has 126 valence electrons. The van der Waals surface area contributed by atoms with E-state index >= 15 is 0 Å². The van der Waals surface area contributed by atoms with E-state index in [-0.39, 0.29) is 5.41 Å². The number of phenols is 1. The van der Waals surface area contributed by atoms with Crippen LogP contribution in [0.2, 0.25) is 0 Å². The summed E-state index contributed by atoms with van der Waals surface area (Å²) in [5, 5.41) is 9.84. The third kappa shape index (κ3) is 3.53. The predicted octanol–water partition coefficient (Wildman–Crippen LogP) is 5.06. The summed E-state index contributed by atoms with van der Waals surface area (Å²) >= 11 is 1.79. The van der Waals surface area contributed by atoms with Crippen molar-refractivity contribution in [3.8, 4) is 5.75 Å². The number of rotatable bonds is 6. The fourth-order valence-corrected chi connectivity index (χ4v) is 5.84. The van der Waals surface area contributed by atoms with Gasteiger partial charge in [-0.1, -0.05) is 26.0 Å². The highest BCUT2D eigenvalue weighted by Crippen LogP contribution is 2.44. The highest BCUT2D eigenvalue weighted by molar-refractivity contribution is 7.83. The largest absolute Gasteiger partial charge is 0.508 e. The van der Waals surface area contributed by atoms with Gasteiger partial charge in [0, 0.05) is 32.2 Å². The molecule has 1 unspecified atom stereocenters. The Kier molecular flexibility index (Phi) is 5.69. The molecule has 0 bridgehead atoms. The van der Waals surface area contributed by atoms with Crippen LogP contribution in [0.1, 0.15) is 53.1 Å². The third-order valence-electron chi connectivity index (χ3n) is 4.78. The van der Waals surface area contributed by atoms with Gasteiger partial charge in [-0.15, -0.1) is 11.3 Å². The predicted molar refractivity (Wildman–Crippen MR) is 101 cm³/mol. The molecule has 1 aromatic heterocycles. The normalized spacial score (nSPS) is 13.3. The summed E-state index contributed by atoms with van der Waals surface area (Å²) in [6.45, 7) is 8.50. The molecule has 23 heavy (non-hydrogen) atoms. The van der Waals surface area contributed by atoms with Crippen molar-refractivity contribution in [2.24, 2.45) is 0 Å². The Balaban J connectivity index is 2.56. The van der Waals surface area contributed by atoms with Crippen LogP contribution in [-0.2, 0) is 22.0 Å². The molecular weight excluding hydrogens is 324 g/mol. The van der Waals surface area contributed by atoms with E-state index in [1.54, 1.807) is 23.7 Å². The lowest BCUT2D eigenvalue weighted by atomic mass is 9.74. The maximum atomic E-state index is 11.6.